The van der Waals surface area contributed by atoms with Gasteiger partial charge < -0.3 is 5.73 Å². The van der Waals surface area contributed by atoms with E-state index in [0.29, 0.717) is 0 Å². The number of aromatic nitrogens is 1. The molecule has 0 bridgehead atoms. The van der Waals surface area contributed by atoms with Gasteiger partial charge in [0.2, 0.25) is 0 Å². The Balaban J connectivity index is 2.44. The molecular weight excluding hydrogens is 208 g/mol. The number of pyridine rings is 1. The molecule has 0 fully saturated rings. The molecule has 2 rings (SSSR count). The van der Waals surface area contributed by atoms with Gasteiger partial charge in [0, 0.05) is 12.4 Å². The fourth-order valence-corrected chi connectivity index (χ4v) is 2.18. The molecule has 0 aliphatic carbocycles. The van der Waals surface area contributed by atoms with Gasteiger partial charge in [-0.25, -0.2) is 0 Å². The molecule has 0 aliphatic heterocycles. The van der Waals surface area contributed by atoms with Crippen molar-refractivity contribution >= 4 is 0 Å². The highest BCUT2D eigenvalue weighted by atomic mass is 14.7. The van der Waals surface area contributed by atoms with Crippen molar-refractivity contribution in [2.24, 2.45) is 5.73 Å². The fraction of sp³-hybridized carbons (Fsp3) is 0.267. The van der Waals surface area contributed by atoms with Crippen molar-refractivity contribution in [1.82, 2.24) is 4.98 Å². The molecule has 2 N–H and O–H groups in total. The second kappa shape index (κ2) is 4.68. The first-order valence-corrected chi connectivity index (χ1v) is 5.83. The Morgan fingerprint density at radius 1 is 1.00 bits per heavy atom. The van der Waals surface area contributed by atoms with E-state index in [-0.39, 0.29) is 6.04 Å². The van der Waals surface area contributed by atoms with Gasteiger partial charge in [-0.3, -0.25) is 4.98 Å². The van der Waals surface area contributed by atoms with Gasteiger partial charge in [-0.05, 0) is 49.1 Å². The lowest BCUT2D eigenvalue weighted by Gasteiger charge is -2.17. The average Bonchev–Trinajstić information content (AvgIpc) is 2.29. The van der Waals surface area contributed by atoms with Gasteiger partial charge in [0.15, 0.2) is 0 Å². The van der Waals surface area contributed by atoms with E-state index in [4.69, 9.17) is 5.73 Å². The first kappa shape index (κ1) is 11.8. The minimum Gasteiger partial charge on any atom is -0.320 e. The Bertz CT molecular complexity index is 532. The van der Waals surface area contributed by atoms with E-state index in [1.165, 1.54) is 16.7 Å². The normalized spacial score (nSPS) is 12.5. The van der Waals surface area contributed by atoms with Gasteiger partial charge in [0.05, 0.1) is 6.04 Å². The van der Waals surface area contributed by atoms with Crippen molar-refractivity contribution in [2.45, 2.75) is 26.8 Å². The number of nitrogens with two attached hydrogens (primary N) is 1. The first-order valence-electron chi connectivity index (χ1n) is 5.83. The summed E-state index contributed by atoms with van der Waals surface area (Å²) in [6.45, 7) is 6.25. The molecule has 0 saturated heterocycles. The van der Waals surface area contributed by atoms with Crippen molar-refractivity contribution in [3.8, 4) is 0 Å². The van der Waals surface area contributed by atoms with Crippen LogP contribution in [0.1, 0.15) is 33.9 Å². The summed E-state index contributed by atoms with van der Waals surface area (Å²) < 4.78 is 0. The molecule has 0 amide bonds. The van der Waals surface area contributed by atoms with Crippen LogP contribution in [0.2, 0.25) is 0 Å². The highest BCUT2D eigenvalue weighted by Crippen LogP contribution is 2.25. The van der Waals surface area contributed by atoms with E-state index in [0.717, 1.165) is 11.1 Å². The molecule has 0 aliphatic rings. The van der Waals surface area contributed by atoms with Gasteiger partial charge in [0.1, 0.15) is 0 Å². The Morgan fingerprint density at radius 2 is 1.71 bits per heavy atom. The second-order valence-corrected chi connectivity index (χ2v) is 4.57. The van der Waals surface area contributed by atoms with Crippen LogP contribution in [0, 0.1) is 20.8 Å². The maximum atomic E-state index is 6.34. The number of hydrogen-bond donors (Lipinski definition) is 1. The highest BCUT2D eigenvalue weighted by Gasteiger charge is 2.13. The number of aryl methyl sites for hydroxylation is 3. The molecule has 0 saturated carbocycles. The van der Waals surface area contributed by atoms with Crippen molar-refractivity contribution in [2.75, 3.05) is 0 Å². The monoisotopic (exact) mass is 226 g/mol. The third kappa shape index (κ3) is 2.37. The van der Waals surface area contributed by atoms with E-state index in [9.17, 15) is 0 Å². The lowest BCUT2D eigenvalue weighted by Crippen LogP contribution is -2.14. The summed E-state index contributed by atoms with van der Waals surface area (Å²) in [4.78, 5) is 4.10. The van der Waals surface area contributed by atoms with Crippen LogP contribution in [0.3, 0.4) is 0 Å². The molecule has 0 spiro atoms. The number of hydrogen-bond acceptors (Lipinski definition) is 2. The maximum absolute atomic E-state index is 6.34. The predicted octanol–water partition coefficient (Wildman–Crippen LogP) is 3.05. The van der Waals surface area contributed by atoms with Crippen LogP contribution >= 0.6 is 0 Å². The average molecular weight is 226 g/mol. The van der Waals surface area contributed by atoms with Crippen molar-refractivity contribution in [1.29, 1.82) is 0 Å². The highest BCUT2D eigenvalue weighted by molar-refractivity contribution is 5.40. The summed E-state index contributed by atoms with van der Waals surface area (Å²) in [6, 6.07) is 8.33. The number of benzene rings is 1. The van der Waals surface area contributed by atoms with Gasteiger partial charge in [0.25, 0.3) is 0 Å². The molecule has 1 unspecified atom stereocenters. The number of nitrogens with zero attached hydrogens (tertiary/aromatic N) is 1. The van der Waals surface area contributed by atoms with Crippen molar-refractivity contribution in [3.05, 3.63) is 64.5 Å². The lowest BCUT2D eigenvalue weighted by molar-refractivity contribution is 0.847. The smallest absolute Gasteiger partial charge is 0.0558 e. The molecule has 1 atom stereocenters. The Labute approximate surface area is 103 Å². The zero-order valence-electron chi connectivity index (χ0n) is 10.6. The lowest BCUT2D eigenvalue weighted by atomic mass is 9.93. The zero-order valence-corrected chi connectivity index (χ0v) is 10.6. The van der Waals surface area contributed by atoms with E-state index >= 15 is 0 Å². The summed E-state index contributed by atoms with van der Waals surface area (Å²) in [5, 5.41) is 0. The van der Waals surface area contributed by atoms with E-state index < -0.39 is 0 Å². The largest absolute Gasteiger partial charge is 0.320 e. The van der Waals surface area contributed by atoms with Crippen molar-refractivity contribution in [3.63, 3.8) is 0 Å². The minimum atomic E-state index is -0.0707. The summed E-state index contributed by atoms with van der Waals surface area (Å²) in [5.74, 6) is 0. The van der Waals surface area contributed by atoms with Gasteiger partial charge in [-0.15, -0.1) is 0 Å². The fourth-order valence-electron chi connectivity index (χ4n) is 2.18. The first-order chi connectivity index (χ1) is 8.09. The van der Waals surface area contributed by atoms with E-state index in [1.807, 2.05) is 19.2 Å². The summed E-state index contributed by atoms with van der Waals surface area (Å²) in [6.07, 6.45) is 3.66. The third-order valence-corrected chi connectivity index (χ3v) is 3.16. The summed E-state index contributed by atoms with van der Waals surface area (Å²) in [5.41, 5.74) is 12.3. The molecule has 88 valence electrons. The Morgan fingerprint density at radius 3 is 2.35 bits per heavy atom. The van der Waals surface area contributed by atoms with Crippen LogP contribution in [-0.4, -0.2) is 4.98 Å². The molecule has 1 heterocycles. The van der Waals surface area contributed by atoms with Gasteiger partial charge in [-0.2, -0.15) is 0 Å². The molecule has 2 nitrogen and oxygen atoms in total. The van der Waals surface area contributed by atoms with Crippen LogP contribution in [0.25, 0.3) is 0 Å². The van der Waals surface area contributed by atoms with Crippen LogP contribution in [0.4, 0.5) is 0 Å². The molecule has 1 aromatic carbocycles. The maximum Gasteiger partial charge on any atom is 0.0558 e. The van der Waals surface area contributed by atoms with Crippen LogP contribution in [-0.2, 0) is 0 Å². The standard InChI is InChI=1S/C15H18N2/c1-10-4-5-13(11(2)8-10)15(16)14-6-7-17-9-12(14)3/h4-9,15H,16H2,1-3H3. The Kier molecular flexibility index (Phi) is 3.25. The van der Waals surface area contributed by atoms with Crippen LogP contribution < -0.4 is 5.73 Å². The molecule has 0 radical (unpaired) electrons. The molecule has 2 aromatic rings. The quantitative estimate of drug-likeness (QED) is 0.854. The van der Waals surface area contributed by atoms with E-state index in [1.54, 1.807) is 6.20 Å². The molecule has 2 heteroatoms. The summed E-state index contributed by atoms with van der Waals surface area (Å²) >= 11 is 0. The third-order valence-electron chi connectivity index (χ3n) is 3.16. The number of rotatable bonds is 2. The van der Waals surface area contributed by atoms with E-state index in [2.05, 4.69) is 37.0 Å². The van der Waals surface area contributed by atoms with Crippen LogP contribution in [0.5, 0.6) is 0 Å². The molecule has 1 aromatic heterocycles. The SMILES string of the molecule is Cc1ccc(C(N)c2ccncc2C)c(C)c1. The van der Waals surface area contributed by atoms with Gasteiger partial charge in [-0.1, -0.05) is 23.8 Å². The van der Waals surface area contributed by atoms with Crippen LogP contribution in [0.15, 0.2) is 36.7 Å². The Hall–Kier alpha value is -1.67. The second-order valence-electron chi connectivity index (χ2n) is 4.57. The summed E-state index contributed by atoms with van der Waals surface area (Å²) in [7, 11) is 0. The topological polar surface area (TPSA) is 38.9 Å². The molecule has 17 heavy (non-hydrogen) atoms. The van der Waals surface area contributed by atoms with Crippen molar-refractivity contribution < 1.29 is 0 Å². The predicted molar refractivity (Wildman–Crippen MR) is 70.9 cm³/mol. The minimum absolute atomic E-state index is 0.0707. The van der Waals surface area contributed by atoms with Gasteiger partial charge >= 0.3 is 0 Å². The molecular formula is C15H18N2. The zero-order chi connectivity index (χ0) is 12.4.